The summed E-state index contributed by atoms with van der Waals surface area (Å²) in [5, 5.41) is 0. The first-order chi connectivity index (χ1) is 5.55. The van der Waals surface area contributed by atoms with Crippen LogP contribution in [0.3, 0.4) is 0 Å². The molecule has 12 heavy (non-hydrogen) atoms. The molecule has 0 spiro atoms. The third-order valence-electron chi connectivity index (χ3n) is 1.49. The molecule has 0 saturated heterocycles. The van der Waals surface area contributed by atoms with E-state index in [1.54, 1.807) is 0 Å². The first-order valence-electron chi connectivity index (χ1n) is 3.34. The van der Waals surface area contributed by atoms with Gasteiger partial charge >= 0.3 is 0 Å². The fourth-order valence-electron chi connectivity index (χ4n) is 0.933. The summed E-state index contributed by atoms with van der Waals surface area (Å²) in [6, 6.07) is 8.01. The van der Waals surface area contributed by atoms with Gasteiger partial charge in [-0.05, 0) is 11.1 Å². The van der Waals surface area contributed by atoms with Crippen molar-refractivity contribution in [1.29, 1.82) is 0 Å². The fourth-order valence-corrected chi connectivity index (χ4v) is 2.02. The molecule has 1 rings (SSSR count). The number of rotatable bonds is 1. The lowest BCUT2D eigenvalue weighted by atomic mass is 10.1. The maximum atomic E-state index is 3.74. The van der Waals surface area contributed by atoms with Gasteiger partial charge in [-0.25, -0.2) is 0 Å². The second-order valence-electron chi connectivity index (χ2n) is 2.29. The summed E-state index contributed by atoms with van der Waals surface area (Å²) in [5.41, 5.74) is 2.21. The molecule has 3 heteroatoms. The van der Waals surface area contributed by atoms with E-state index in [0.717, 1.165) is 11.1 Å². The van der Waals surface area contributed by atoms with E-state index in [1.807, 2.05) is 30.3 Å². The molecule has 0 saturated carbocycles. The number of halogens is 3. The number of alkyl halides is 3. The summed E-state index contributed by atoms with van der Waals surface area (Å²) >= 11 is 10.4. The Morgan fingerprint density at radius 2 is 1.75 bits per heavy atom. The largest absolute Gasteiger partial charge is 0.160 e. The van der Waals surface area contributed by atoms with Crippen LogP contribution < -0.4 is 0 Å². The van der Waals surface area contributed by atoms with Crippen LogP contribution in [0.25, 0.3) is 6.08 Å². The van der Waals surface area contributed by atoms with E-state index in [9.17, 15) is 0 Å². The lowest BCUT2D eigenvalue weighted by Crippen LogP contribution is -1.99. The summed E-state index contributed by atoms with van der Waals surface area (Å²) in [4.78, 5) is 0. The molecule has 1 aromatic rings. The van der Waals surface area contributed by atoms with Crippen molar-refractivity contribution >= 4 is 53.9 Å². The number of hydrogen-bond acceptors (Lipinski definition) is 0. The van der Waals surface area contributed by atoms with Crippen molar-refractivity contribution in [1.82, 2.24) is 0 Å². The van der Waals surface area contributed by atoms with Gasteiger partial charge in [0.1, 0.15) is 0 Å². The smallest absolute Gasteiger partial charge is 0.0985 e. The van der Waals surface area contributed by atoms with Crippen molar-refractivity contribution in [3.8, 4) is 0 Å². The zero-order valence-corrected chi connectivity index (χ0v) is 11.0. The molecule has 0 heterocycles. The average molecular weight is 355 g/mol. The Morgan fingerprint density at radius 1 is 1.17 bits per heavy atom. The molecule has 0 bridgehead atoms. The molecular weight excluding hydrogens is 348 g/mol. The molecule has 0 aliphatic heterocycles. The predicted octanol–water partition coefficient (Wildman–Crippen LogP) is 4.62. The third-order valence-corrected chi connectivity index (χ3v) is 2.77. The molecule has 1 aromatic carbocycles. The van der Waals surface area contributed by atoms with Crippen molar-refractivity contribution in [3.05, 3.63) is 42.0 Å². The molecule has 0 radical (unpaired) electrons. The van der Waals surface area contributed by atoms with E-state index >= 15 is 0 Å². The lowest BCUT2D eigenvalue weighted by molar-refractivity contribution is 1.35. The van der Waals surface area contributed by atoms with Crippen LogP contribution in [0, 0.1) is 0 Å². The Balaban J connectivity index is 3.23. The van der Waals surface area contributed by atoms with Gasteiger partial charge in [0.05, 0.1) is 0 Å². The van der Waals surface area contributed by atoms with Crippen LogP contribution in [0.5, 0.6) is 0 Å². The molecule has 0 unspecified atom stereocenters. The molecule has 0 fully saturated rings. The summed E-state index contributed by atoms with van der Waals surface area (Å²) in [6.45, 7) is 3.74. The standard InChI is InChI=1S/C9H7Br3/c1-2-7-5-3-4-6-8(7)9(10,11)12/h2-6H,1H2. The van der Waals surface area contributed by atoms with E-state index in [2.05, 4.69) is 54.4 Å². The van der Waals surface area contributed by atoms with Gasteiger partial charge in [0.15, 0.2) is 2.14 Å². The normalized spacial score (nSPS) is 11.2. The van der Waals surface area contributed by atoms with Gasteiger partial charge in [-0.1, -0.05) is 84.7 Å². The van der Waals surface area contributed by atoms with E-state index in [4.69, 9.17) is 0 Å². The Labute approximate surface area is 97.4 Å². The zero-order valence-electron chi connectivity index (χ0n) is 6.23. The fraction of sp³-hybridized carbons (Fsp3) is 0.111. The second kappa shape index (κ2) is 4.07. The Kier molecular flexibility index (Phi) is 3.56. The number of benzene rings is 1. The highest BCUT2D eigenvalue weighted by Crippen LogP contribution is 2.45. The highest BCUT2D eigenvalue weighted by atomic mass is 80.0. The third kappa shape index (κ3) is 2.44. The van der Waals surface area contributed by atoms with Gasteiger partial charge < -0.3 is 0 Å². The molecule has 64 valence electrons. The minimum atomic E-state index is -0.349. The maximum absolute atomic E-state index is 3.74. The molecular formula is C9H7Br3. The molecule has 0 atom stereocenters. The van der Waals surface area contributed by atoms with E-state index < -0.39 is 0 Å². The topological polar surface area (TPSA) is 0 Å². The van der Waals surface area contributed by atoms with Crippen molar-refractivity contribution < 1.29 is 0 Å². The summed E-state index contributed by atoms with van der Waals surface area (Å²) in [5.74, 6) is 0. The van der Waals surface area contributed by atoms with Crippen molar-refractivity contribution in [2.45, 2.75) is 2.14 Å². The maximum Gasteiger partial charge on any atom is 0.160 e. The highest BCUT2D eigenvalue weighted by molar-refractivity contribution is 9.38. The second-order valence-corrected chi connectivity index (χ2v) is 9.05. The van der Waals surface area contributed by atoms with Crippen LogP contribution >= 0.6 is 47.8 Å². The van der Waals surface area contributed by atoms with Crippen LogP contribution in [0.2, 0.25) is 0 Å². The first-order valence-corrected chi connectivity index (χ1v) is 5.72. The Morgan fingerprint density at radius 3 is 2.17 bits per heavy atom. The summed E-state index contributed by atoms with van der Waals surface area (Å²) < 4.78 is -0.349. The first kappa shape index (κ1) is 10.5. The van der Waals surface area contributed by atoms with Gasteiger partial charge in [0.2, 0.25) is 0 Å². The Hall–Kier alpha value is 0.400. The van der Waals surface area contributed by atoms with Crippen LogP contribution in [0.4, 0.5) is 0 Å². The van der Waals surface area contributed by atoms with E-state index in [0.29, 0.717) is 0 Å². The minimum absolute atomic E-state index is 0.349. The van der Waals surface area contributed by atoms with Crippen molar-refractivity contribution in [3.63, 3.8) is 0 Å². The lowest BCUT2D eigenvalue weighted by Gasteiger charge is -2.15. The van der Waals surface area contributed by atoms with Crippen LogP contribution in [0.15, 0.2) is 30.8 Å². The quantitative estimate of drug-likeness (QED) is 0.645. The monoisotopic (exact) mass is 352 g/mol. The van der Waals surface area contributed by atoms with E-state index in [1.165, 1.54) is 0 Å². The molecule has 0 aliphatic rings. The van der Waals surface area contributed by atoms with Gasteiger partial charge in [0.25, 0.3) is 0 Å². The van der Waals surface area contributed by atoms with Gasteiger partial charge in [0, 0.05) is 0 Å². The predicted molar refractivity (Wildman–Crippen MR) is 65.0 cm³/mol. The van der Waals surface area contributed by atoms with Crippen LogP contribution in [0.1, 0.15) is 11.1 Å². The molecule has 0 nitrogen and oxygen atoms in total. The van der Waals surface area contributed by atoms with Crippen LogP contribution in [-0.4, -0.2) is 0 Å². The Bertz CT molecular complexity index is 286. The van der Waals surface area contributed by atoms with E-state index in [-0.39, 0.29) is 2.14 Å². The summed E-state index contributed by atoms with van der Waals surface area (Å²) in [6.07, 6.45) is 1.83. The molecule has 0 aromatic heterocycles. The van der Waals surface area contributed by atoms with Gasteiger partial charge in [-0.3, -0.25) is 0 Å². The van der Waals surface area contributed by atoms with Gasteiger partial charge in [-0.2, -0.15) is 0 Å². The molecule has 0 aliphatic carbocycles. The van der Waals surface area contributed by atoms with Crippen molar-refractivity contribution in [2.24, 2.45) is 0 Å². The molecule has 0 amide bonds. The SMILES string of the molecule is C=Cc1ccccc1C(Br)(Br)Br. The van der Waals surface area contributed by atoms with Gasteiger partial charge in [-0.15, -0.1) is 0 Å². The van der Waals surface area contributed by atoms with Crippen LogP contribution in [-0.2, 0) is 2.14 Å². The zero-order chi connectivity index (χ0) is 9.19. The molecule has 0 N–H and O–H groups in total. The number of hydrogen-bond donors (Lipinski definition) is 0. The average Bonchev–Trinajstić information content (AvgIpc) is 2.03. The minimum Gasteiger partial charge on any atom is -0.0985 e. The highest BCUT2D eigenvalue weighted by Gasteiger charge is 2.22. The van der Waals surface area contributed by atoms with Crippen molar-refractivity contribution in [2.75, 3.05) is 0 Å². The summed E-state index contributed by atoms with van der Waals surface area (Å²) in [7, 11) is 0.